The van der Waals surface area contributed by atoms with Gasteiger partial charge < -0.3 is 16.4 Å². The van der Waals surface area contributed by atoms with Gasteiger partial charge >= 0.3 is 0 Å². The highest BCUT2D eigenvalue weighted by Crippen LogP contribution is 2.43. The fraction of sp³-hybridized carbons (Fsp3) is 0.333. The van der Waals surface area contributed by atoms with E-state index < -0.39 is 35.4 Å². The Labute approximate surface area is 104 Å². The molecule has 4 N–H and O–H groups in total. The molecule has 5 nitrogen and oxygen atoms in total. The van der Waals surface area contributed by atoms with Gasteiger partial charge in [-0.25, -0.2) is 0 Å². The van der Waals surface area contributed by atoms with E-state index in [-0.39, 0.29) is 36.3 Å². The molecule has 5 heteroatoms. The SMILES string of the molecule is [2H]c1c([2H])c([2H])c2c(c1[2H])NC(=O)[C@@]21CN[C@H](C(N)=O)C1. The first-order chi connectivity index (χ1) is 9.79. The number of anilines is 1. The van der Waals surface area contributed by atoms with Crippen LogP contribution in [0.15, 0.2) is 24.2 Å². The summed E-state index contributed by atoms with van der Waals surface area (Å²) in [6.45, 7) is 0.113. The molecule has 0 aromatic heterocycles. The molecule has 0 saturated carbocycles. The van der Waals surface area contributed by atoms with Crippen LogP contribution < -0.4 is 16.4 Å². The van der Waals surface area contributed by atoms with Crippen molar-refractivity contribution in [3.8, 4) is 0 Å². The zero-order chi connectivity index (χ0) is 15.5. The number of nitrogens with one attached hydrogen (secondary N) is 2. The van der Waals surface area contributed by atoms with Gasteiger partial charge in [-0.1, -0.05) is 18.1 Å². The minimum Gasteiger partial charge on any atom is -0.368 e. The number of amides is 2. The van der Waals surface area contributed by atoms with E-state index in [2.05, 4.69) is 10.6 Å². The second-order valence-corrected chi connectivity index (χ2v) is 4.33. The third-order valence-electron chi connectivity index (χ3n) is 3.39. The normalized spacial score (nSPS) is 33.6. The molecule has 2 atom stereocenters. The fourth-order valence-electron chi connectivity index (χ4n) is 2.47. The van der Waals surface area contributed by atoms with Crippen LogP contribution in [0.3, 0.4) is 0 Å². The van der Waals surface area contributed by atoms with Crippen LogP contribution in [0.4, 0.5) is 5.69 Å². The molecule has 3 rings (SSSR count). The summed E-state index contributed by atoms with van der Waals surface area (Å²) in [6.07, 6.45) is 0.0866. The number of primary amides is 1. The van der Waals surface area contributed by atoms with E-state index in [1.807, 2.05) is 0 Å². The molecule has 17 heavy (non-hydrogen) atoms. The van der Waals surface area contributed by atoms with Gasteiger partial charge in [-0.15, -0.1) is 0 Å². The van der Waals surface area contributed by atoms with Crippen molar-refractivity contribution < 1.29 is 15.1 Å². The minimum absolute atomic E-state index is 0.0866. The largest absolute Gasteiger partial charge is 0.368 e. The fourth-order valence-corrected chi connectivity index (χ4v) is 2.47. The Morgan fingerprint density at radius 2 is 2.29 bits per heavy atom. The van der Waals surface area contributed by atoms with Crippen LogP contribution in [0.1, 0.15) is 17.5 Å². The molecule has 1 fully saturated rings. The molecular weight excluding hydrogens is 218 g/mol. The molecule has 2 amide bonds. The average molecular weight is 235 g/mol. The van der Waals surface area contributed by atoms with Crippen molar-refractivity contribution in [2.24, 2.45) is 5.73 Å². The number of nitrogens with two attached hydrogens (primary N) is 1. The molecular formula is C12H13N3O2. The molecule has 2 heterocycles. The Balaban J connectivity index is 2.22. The summed E-state index contributed by atoms with van der Waals surface area (Å²) in [5.74, 6) is -1.02. The molecule has 2 aliphatic rings. The third-order valence-corrected chi connectivity index (χ3v) is 3.39. The molecule has 2 aliphatic heterocycles. The Bertz CT molecular complexity index is 694. The Hall–Kier alpha value is -1.88. The van der Waals surface area contributed by atoms with Crippen LogP contribution in [-0.4, -0.2) is 24.4 Å². The van der Waals surface area contributed by atoms with E-state index in [0.717, 1.165) is 0 Å². The van der Waals surface area contributed by atoms with Crippen molar-refractivity contribution in [2.75, 3.05) is 11.9 Å². The molecule has 1 spiro atoms. The Kier molecular flexibility index (Phi) is 1.31. The lowest BCUT2D eigenvalue weighted by Gasteiger charge is -2.19. The second kappa shape index (κ2) is 3.30. The maximum absolute atomic E-state index is 12.4. The topological polar surface area (TPSA) is 84.2 Å². The molecule has 88 valence electrons. The quantitative estimate of drug-likeness (QED) is 0.626. The van der Waals surface area contributed by atoms with E-state index in [4.69, 9.17) is 11.2 Å². The zero-order valence-corrected chi connectivity index (χ0v) is 8.89. The van der Waals surface area contributed by atoms with Crippen molar-refractivity contribution in [3.05, 3.63) is 29.7 Å². The monoisotopic (exact) mass is 235 g/mol. The van der Waals surface area contributed by atoms with Gasteiger partial charge in [0.15, 0.2) is 0 Å². The van der Waals surface area contributed by atoms with Gasteiger partial charge in [0.25, 0.3) is 0 Å². The van der Waals surface area contributed by atoms with Crippen LogP contribution in [0.5, 0.6) is 0 Å². The highest BCUT2D eigenvalue weighted by Gasteiger charge is 2.52. The van der Waals surface area contributed by atoms with Crippen molar-refractivity contribution in [2.45, 2.75) is 17.9 Å². The lowest BCUT2D eigenvalue weighted by atomic mass is 9.79. The third kappa shape index (κ3) is 1.29. The summed E-state index contributed by atoms with van der Waals surface area (Å²) < 4.78 is 31.3. The van der Waals surface area contributed by atoms with E-state index in [9.17, 15) is 9.59 Å². The molecule has 0 aliphatic carbocycles. The number of fused-ring (bicyclic) bond motifs is 2. The minimum atomic E-state index is -1.18. The van der Waals surface area contributed by atoms with Gasteiger partial charge in [-0.05, 0) is 18.0 Å². The van der Waals surface area contributed by atoms with E-state index in [0.29, 0.717) is 0 Å². The zero-order valence-electron chi connectivity index (χ0n) is 12.9. The molecule has 1 aromatic rings. The first-order valence-electron chi connectivity index (χ1n) is 7.24. The Morgan fingerprint density at radius 3 is 3.00 bits per heavy atom. The highest BCUT2D eigenvalue weighted by atomic mass is 16.2. The van der Waals surface area contributed by atoms with Gasteiger partial charge in [0, 0.05) is 12.2 Å². The van der Waals surface area contributed by atoms with Crippen molar-refractivity contribution in [3.63, 3.8) is 0 Å². The van der Waals surface area contributed by atoms with Gasteiger partial charge in [0.1, 0.15) is 0 Å². The van der Waals surface area contributed by atoms with E-state index in [1.54, 1.807) is 0 Å². The number of para-hydroxylation sites is 1. The second-order valence-electron chi connectivity index (χ2n) is 4.33. The lowest BCUT2D eigenvalue weighted by Crippen LogP contribution is -2.36. The molecule has 0 radical (unpaired) electrons. The van der Waals surface area contributed by atoms with Crippen molar-refractivity contribution >= 4 is 17.5 Å². The van der Waals surface area contributed by atoms with Gasteiger partial charge in [-0.2, -0.15) is 0 Å². The average Bonchev–Trinajstić information content (AvgIpc) is 2.99. The molecule has 1 aromatic carbocycles. The predicted octanol–water partition coefficient (Wildman–Crippen LogP) is -0.276. The van der Waals surface area contributed by atoms with Gasteiger partial charge in [0.2, 0.25) is 11.8 Å². The molecule has 0 unspecified atom stereocenters. The first-order valence-corrected chi connectivity index (χ1v) is 5.24. The number of carbonyl (C=O) groups excluding carboxylic acids is 2. The predicted molar refractivity (Wildman–Crippen MR) is 62.4 cm³/mol. The summed E-state index contributed by atoms with van der Waals surface area (Å²) in [5, 5.41) is 5.38. The number of carbonyl (C=O) groups is 2. The van der Waals surface area contributed by atoms with Crippen LogP contribution >= 0.6 is 0 Å². The van der Waals surface area contributed by atoms with Crippen molar-refractivity contribution in [1.82, 2.24) is 5.32 Å². The number of rotatable bonds is 1. The van der Waals surface area contributed by atoms with Crippen LogP contribution in [0.2, 0.25) is 0 Å². The highest BCUT2D eigenvalue weighted by molar-refractivity contribution is 6.07. The van der Waals surface area contributed by atoms with E-state index in [1.165, 1.54) is 0 Å². The smallest absolute Gasteiger partial charge is 0.236 e. The number of hydrogen-bond acceptors (Lipinski definition) is 3. The van der Waals surface area contributed by atoms with Gasteiger partial charge in [0.05, 0.1) is 16.9 Å². The van der Waals surface area contributed by atoms with Gasteiger partial charge in [-0.3, -0.25) is 9.59 Å². The number of hydrogen-bond donors (Lipinski definition) is 3. The maximum atomic E-state index is 12.4. The van der Waals surface area contributed by atoms with E-state index >= 15 is 0 Å². The standard InChI is InChI=1S/C12H13N3O2/c13-10(16)9-5-12(6-14-9)7-3-1-2-4-8(7)15-11(12)17/h1-4,9,14H,5-6H2,(H2,13,16)(H,15,17)/t9-,12-/m0/s1/i1D,2D,3D,4D. The summed E-state index contributed by atoms with van der Waals surface area (Å²) in [7, 11) is 0. The van der Waals surface area contributed by atoms with Crippen LogP contribution in [0, 0.1) is 0 Å². The summed E-state index contributed by atoms with van der Waals surface area (Å²) in [4.78, 5) is 23.7. The molecule has 0 bridgehead atoms. The number of benzene rings is 1. The summed E-state index contributed by atoms with van der Waals surface area (Å²) >= 11 is 0. The first kappa shape index (κ1) is 6.76. The van der Waals surface area contributed by atoms with Crippen molar-refractivity contribution in [1.29, 1.82) is 0 Å². The summed E-state index contributed by atoms with van der Waals surface area (Å²) in [6, 6.07) is -2.01. The lowest BCUT2D eigenvalue weighted by molar-refractivity contribution is -0.120. The summed E-state index contributed by atoms with van der Waals surface area (Å²) in [5.41, 5.74) is 4.39. The van der Waals surface area contributed by atoms with Crippen LogP contribution in [0.25, 0.3) is 0 Å². The molecule has 1 saturated heterocycles. The van der Waals surface area contributed by atoms with Crippen LogP contribution in [-0.2, 0) is 15.0 Å². The Morgan fingerprint density at radius 1 is 1.53 bits per heavy atom. The maximum Gasteiger partial charge on any atom is 0.236 e.